The number of amides is 1. The number of carbonyl (C=O) groups is 1. The zero-order chi connectivity index (χ0) is 11.1. The second kappa shape index (κ2) is 6.06. The molecular weight excluding hydrogens is 190 g/mol. The Balaban J connectivity index is 2.34. The Kier molecular flexibility index (Phi) is 4.68. The number of carbonyl (C=O) groups excluding carboxylic acids is 1. The van der Waals surface area contributed by atoms with Gasteiger partial charge in [-0.1, -0.05) is 13.3 Å². The number of hydrogen-bond acceptors (Lipinski definition) is 2. The van der Waals surface area contributed by atoms with Crippen molar-refractivity contribution in [3.63, 3.8) is 0 Å². The summed E-state index contributed by atoms with van der Waals surface area (Å²) in [5, 5.41) is 2.79. The van der Waals surface area contributed by atoms with E-state index in [1.54, 1.807) is 6.08 Å². The molecule has 82 valence electrons. The van der Waals surface area contributed by atoms with Gasteiger partial charge in [0, 0.05) is 12.6 Å². The van der Waals surface area contributed by atoms with E-state index in [9.17, 15) is 4.79 Å². The van der Waals surface area contributed by atoms with E-state index >= 15 is 0 Å². The van der Waals surface area contributed by atoms with Crippen LogP contribution >= 0.6 is 0 Å². The van der Waals surface area contributed by atoms with Crippen molar-refractivity contribution in [1.29, 1.82) is 0 Å². The molecule has 1 aromatic rings. The molecule has 0 saturated heterocycles. The summed E-state index contributed by atoms with van der Waals surface area (Å²) in [5.74, 6) is 1.48. The molecule has 0 spiro atoms. The number of nitrogens with one attached hydrogen (secondary N) is 1. The number of rotatable bonds is 5. The molecule has 1 rings (SSSR count). The minimum absolute atomic E-state index is 0.0718. The third-order valence-corrected chi connectivity index (χ3v) is 1.99. The van der Waals surface area contributed by atoms with Crippen molar-refractivity contribution >= 4 is 12.0 Å². The van der Waals surface area contributed by atoms with Crippen LogP contribution in [0.15, 0.2) is 22.6 Å². The van der Waals surface area contributed by atoms with Crippen molar-refractivity contribution in [2.75, 3.05) is 6.54 Å². The van der Waals surface area contributed by atoms with Crippen LogP contribution in [-0.2, 0) is 4.79 Å². The Morgan fingerprint density at radius 2 is 2.33 bits per heavy atom. The number of unbranched alkanes of at least 4 members (excludes halogenated alkanes) is 1. The Hall–Kier alpha value is -1.51. The first-order valence-electron chi connectivity index (χ1n) is 5.24. The van der Waals surface area contributed by atoms with Crippen LogP contribution in [0.4, 0.5) is 0 Å². The normalized spacial score (nSPS) is 10.8. The van der Waals surface area contributed by atoms with Gasteiger partial charge in [0.05, 0.1) is 0 Å². The molecule has 0 radical (unpaired) electrons. The van der Waals surface area contributed by atoms with Gasteiger partial charge in [-0.2, -0.15) is 0 Å². The van der Waals surface area contributed by atoms with Crippen LogP contribution in [-0.4, -0.2) is 12.5 Å². The highest BCUT2D eigenvalue weighted by molar-refractivity contribution is 5.91. The molecule has 1 N–H and O–H groups in total. The minimum atomic E-state index is -0.0718. The summed E-state index contributed by atoms with van der Waals surface area (Å²) >= 11 is 0. The van der Waals surface area contributed by atoms with Crippen LogP contribution in [0.1, 0.15) is 31.3 Å². The average Bonchev–Trinajstić information content (AvgIpc) is 2.62. The number of hydrogen-bond donors (Lipinski definition) is 1. The summed E-state index contributed by atoms with van der Waals surface area (Å²) in [4.78, 5) is 11.3. The van der Waals surface area contributed by atoms with Gasteiger partial charge >= 0.3 is 0 Å². The van der Waals surface area contributed by atoms with Crippen LogP contribution in [0.2, 0.25) is 0 Å². The van der Waals surface area contributed by atoms with E-state index in [1.165, 1.54) is 6.08 Å². The van der Waals surface area contributed by atoms with E-state index in [2.05, 4.69) is 12.2 Å². The first kappa shape index (κ1) is 11.6. The largest absolute Gasteiger partial charge is 0.462 e. The average molecular weight is 207 g/mol. The maximum atomic E-state index is 11.3. The Morgan fingerprint density at radius 1 is 1.53 bits per heavy atom. The van der Waals surface area contributed by atoms with Crippen molar-refractivity contribution in [3.05, 3.63) is 29.7 Å². The second-order valence-electron chi connectivity index (χ2n) is 3.43. The molecule has 0 fully saturated rings. The lowest BCUT2D eigenvalue weighted by Crippen LogP contribution is -2.21. The van der Waals surface area contributed by atoms with Crippen LogP contribution in [0, 0.1) is 6.92 Å². The fourth-order valence-corrected chi connectivity index (χ4v) is 1.15. The molecule has 15 heavy (non-hydrogen) atoms. The van der Waals surface area contributed by atoms with Gasteiger partial charge in [0.2, 0.25) is 5.91 Å². The third kappa shape index (κ3) is 4.49. The molecule has 0 aromatic carbocycles. The Morgan fingerprint density at radius 3 is 2.93 bits per heavy atom. The topological polar surface area (TPSA) is 42.2 Å². The smallest absolute Gasteiger partial charge is 0.244 e. The van der Waals surface area contributed by atoms with Gasteiger partial charge in [-0.25, -0.2) is 0 Å². The van der Waals surface area contributed by atoms with Gasteiger partial charge in [0.15, 0.2) is 0 Å². The first-order valence-corrected chi connectivity index (χ1v) is 5.24. The van der Waals surface area contributed by atoms with Gasteiger partial charge < -0.3 is 9.73 Å². The van der Waals surface area contributed by atoms with Gasteiger partial charge in [-0.3, -0.25) is 4.79 Å². The molecule has 0 bridgehead atoms. The molecule has 0 atom stereocenters. The molecule has 0 aliphatic heterocycles. The Bertz CT molecular complexity index is 339. The summed E-state index contributed by atoms with van der Waals surface area (Å²) in [6.45, 7) is 4.70. The summed E-state index contributed by atoms with van der Waals surface area (Å²) in [6.07, 6.45) is 5.27. The standard InChI is InChI=1S/C12H17NO2/c1-3-4-9-13-12(14)8-7-11-6-5-10(2)15-11/h5-8H,3-4,9H2,1-2H3,(H,13,14). The second-order valence-corrected chi connectivity index (χ2v) is 3.43. The van der Waals surface area contributed by atoms with E-state index in [-0.39, 0.29) is 5.91 Å². The van der Waals surface area contributed by atoms with Gasteiger partial charge in [-0.05, 0) is 31.6 Å². The van der Waals surface area contributed by atoms with E-state index in [0.717, 1.165) is 25.1 Å². The predicted molar refractivity (Wildman–Crippen MR) is 60.4 cm³/mol. The fourth-order valence-electron chi connectivity index (χ4n) is 1.15. The van der Waals surface area contributed by atoms with Crippen molar-refractivity contribution in [1.82, 2.24) is 5.32 Å². The SMILES string of the molecule is CCCCNC(=O)C=Cc1ccc(C)o1. The molecule has 1 aromatic heterocycles. The summed E-state index contributed by atoms with van der Waals surface area (Å²) in [5.41, 5.74) is 0. The van der Waals surface area contributed by atoms with Crippen LogP contribution in [0.5, 0.6) is 0 Å². The van der Waals surface area contributed by atoms with Gasteiger partial charge in [-0.15, -0.1) is 0 Å². The fraction of sp³-hybridized carbons (Fsp3) is 0.417. The van der Waals surface area contributed by atoms with E-state index in [4.69, 9.17) is 4.42 Å². The molecule has 0 unspecified atom stereocenters. The van der Waals surface area contributed by atoms with Crippen molar-refractivity contribution in [2.24, 2.45) is 0 Å². The highest BCUT2D eigenvalue weighted by Gasteiger charge is 1.96. The van der Waals surface area contributed by atoms with Crippen LogP contribution in [0.3, 0.4) is 0 Å². The highest BCUT2D eigenvalue weighted by Crippen LogP contribution is 2.07. The molecule has 0 aliphatic carbocycles. The highest BCUT2D eigenvalue weighted by atomic mass is 16.3. The quantitative estimate of drug-likeness (QED) is 0.595. The lowest BCUT2D eigenvalue weighted by molar-refractivity contribution is -0.116. The summed E-state index contributed by atoms with van der Waals surface area (Å²) in [6, 6.07) is 3.71. The lowest BCUT2D eigenvalue weighted by Gasteiger charge is -1.98. The van der Waals surface area contributed by atoms with Crippen molar-refractivity contribution < 1.29 is 9.21 Å². The van der Waals surface area contributed by atoms with Crippen molar-refractivity contribution in [3.8, 4) is 0 Å². The Labute approximate surface area is 90.2 Å². The summed E-state index contributed by atoms with van der Waals surface area (Å²) < 4.78 is 5.29. The van der Waals surface area contributed by atoms with E-state index in [1.807, 2.05) is 19.1 Å². The molecule has 3 nitrogen and oxygen atoms in total. The minimum Gasteiger partial charge on any atom is -0.462 e. The summed E-state index contributed by atoms with van der Waals surface area (Å²) in [7, 11) is 0. The zero-order valence-corrected chi connectivity index (χ0v) is 9.25. The number of furan rings is 1. The van der Waals surface area contributed by atoms with Gasteiger partial charge in [0.25, 0.3) is 0 Å². The van der Waals surface area contributed by atoms with E-state index < -0.39 is 0 Å². The van der Waals surface area contributed by atoms with Crippen molar-refractivity contribution in [2.45, 2.75) is 26.7 Å². The molecule has 3 heteroatoms. The molecule has 1 heterocycles. The molecular formula is C12H17NO2. The first-order chi connectivity index (χ1) is 7.22. The molecule has 0 aliphatic rings. The third-order valence-electron chi connectivity index (χ3n) is 1.99. The predicted octanol–water partition coefficient (Wildman–Crippen LogP) is 2.52. The van der Waals surface area contributed by atoms with E-state index in [0.29, 0.717) is 5.76 Å². The van der Waals surface area contributed by atoms with Crippen LogP contribution < -0.4 is 5.32 Å². The maximum Gasteiger partial charge on any atom is 0.244 e. The van der Waals surface area contributed by atoms with Gasteiger partial charge in [0.1, 0.15) is 11.5 Å². The lowest BCUT2D eigenvalue weighted by atomic mass is 10.3. The maximum absolute atomic E-state index is 11.3. The number of aryl methyl sites for hydroxylation is 1. The molecule has 1 amide bonds. The van der Waals surface area contributed by atoms with Crippen LogP contribution in [0.25, 0.3) is 6.08 Å². The monoisotopic (exact) mass is 207 g/mol. The molecule has 0 saturated carbocycles. The zero-order valence-electron chi connectivity index (χ0n) is 9.25.